The van der Waals surface area contributed by atoms with Gasteiger partial charge in [-0.2, -0.15) is 0 Å². The summed E-state index contributed by atoms with van der Waals surface area (Å²) in [6, 6.07) is 11.0. The number of anilines is 1. The third-order valence-electron chi connectivity index (χ3n) is 7.76. The molecule has 40 heavy (non-hydrogen) atoms. The third kappa shape index (κ3) is 7.67. The molecule has 0 unspecified atom stereocenters. The molecule has 1 aromatic carbocycles. The maximum atomic E-state index is 12.7. The van der Waals surface area contributed by atoms with E-state index in [-0.39, 0.29) is 11.8 Å². The summed E-state index contributed by atoms with van der Waals surface area (Å²) >= 11 is 0. The van der Waals surface area contributed by atoms with Crippen LogP contribution >= 0.6 is 0 Å². The van der Waals surface area contributed by atoms with Gasteiger partial charge in [-0.25, -0.2) is 14.8 Å². The van der Waals surface area contributed by atoms with Crippen LogP contribution in [0.2, 0.25) is 0 Å². The van der Waals surface area contributed by atoms with Crippen molar-refractivity contribution in [3.05, 3.63) is 71.9 Å². The summed E-state index contributed by atoms with van der Waals surface area (Å²) in [6.07, 6.45) is 8.32. The molecule has 0 radical (unpaired) electrons. The molecule has 0 aliphatic carbocycles. The molecule has 10 heteroatoms. The van der Waals surface area contributed by atoms with Crippen LogP contribution in [-0.4, -0.2) is 87.0 Å². The average Bonchev–Trinajstić information content (AvgIpc) is 3.39. The molecule has 10 nitrogen and oxygen atoms in total. The smallest absolute Gasteiger partial charge is 0.391 e. The molecule has 0 spiro atoms. The lowest BCUT2D eigenvalue weighted by Crippen LogP contribution is -2.50. The fourth-order valence-corrected chi connectivity index (χ4v) is 5.13. The van der Waals surface area contributed by atoms with Crippen LogP contribution in [0.15, 0.2) is 55.1 Å². The first-order chi connectivity index (χ1) is 19.4. The highest BCUT2D eigenvalue weighted by molar-refractivity contribution is 6.04. The van der Waals surface area contributed by atoms with Gasteiger partial charge >= 0.3 is 6.09 Å². The summed E-state index contributed by atoms with van der Waals surface area (Å²) in [7, 11) is 1.97. The molecule has 2 aromatic heterocycles. The molecular weight excluding hydrogens is 506 g/mol. The summed E-state index contributed by atoms with van der Waals surface area (Å²) in [5.74, 6) is 0.815. The Hall–Kier alpha value is -3.76. The topological polar surface area (TPSA) is 95.8 Å². The lowest BCUT2D eigenvalue weighted by atomic mass is 9.99. The quantitative estimate of drug-likeness (QED) is 0.462. The molecule has 0 atom stereocenters. The van der Waals surface area contributed by atoms with E-state index in [0.717, 1.165) is 57.3 Å². The summed E-state index contributed by atoms with van der Waals surface area (Å²) in [5, 5.41) is 2.86. The number of piperazine rings is 1. The second kappa shape index (κ2) is 13.1. The standard InChI is InChI=1S/C30H39N7O3/c1-23-9-12-36(13-10-23)20-24-3-5-25(6-4-24)29(38)33-26-7-8-28(31-19-26)40-30(39)37-17-15-35(16-18-37)14-11-27-21-34(2)22-32-27/h3-8,19,21-23H,9-18,20H2,1-2H3,(H,33,38). The highest BCUT2D eigenvalue weighted by atomic mass is 16.6. The fraction of sp³-hybridized carbons (Fsp3) is 0.467. The molecule has 212 valence electrons. The number of hydrogen-bond acceptors (Lipinski definition) is 7. The Morgan fingerprint density at radius 1 is 0.950 bits per heavy atom. The van der Waals surface area contributed by atoms with Crippen LogP contribution in [0, 0.1) is 5.92 Å². The number of piperidine rings is 1. The van der Waals surface area contributed by atoms with E-state index in [2.05, 4.69) is 32.0 Å². The van der Waals surface area contributed by atoms with Crippen LogP contribution < -0.4 is 10.1 Å². The molecule has 2 aliphatic rings. The van der Waals surface area contributed by atoms with Crippen molar-refractivity contribution < 1.29 is 14.3 Å². The Balaban J connectivity index is 1.04. The first-order valence-electron chi connectivity index (χ1n) is 14.2. The Kier molecular flexibility index (Phi) is 9.08. The summed E-state index contributed by atoms with van der Waals surface area (Å²) < 4.78 is 7.43. The van der Waals surface area contributed by atoms with Crippen molar-refractivity contribution >= 4 is 17.7 Å². The highest BCUT2D eigenvalue weighted by Crippen LogP contribution is 2.19. The van der Waals surface area contributed by atoms with Gasteiger partial charge in [0.15, 0.2) is 0 Å². The number of amides is 2. The summed E-state index contributed by atoms with van der Waals surface area (Å²) in [6.45, 7) is 9.19. The Bertz CT molecular complexity index is 1260. The molecule has 0 bridgehead atoms. The minimum Gasteiger partial charge on any atom is -0.391 e. The van der Waals surface area contributed by atoms with Crippen molar-refractivity contribution in [1.82, 2.24) is 29.2 Å². The van der Waals surface area contributed by atoms with Crippen LogP contribution in [0.3, 0.4) is 0 Å². The SMILES string of the molecule is CC1CCN(Cc2ccc(C(=O)Nc3ccc(OC(=O)N4CCN(CCc5cn(C)cn5)CC4)nc3)cc2)CC1. The predicted octanol–water partition coefficient (Wildman–Crippen LogP) is 3.66. The van der Waals surface area contributed by atoms with Gasteiger partial charge in [-0.15, -0.1) is 0 Å². The normalized spacial score (nSPS) is 17.1. The number of hydrogen-bond donors (Lipinski definition) is 1. The van der Waals surface area contributed by atoms with Crippen LogP contribution in [0.1, 0.15) is 41.4 Å². The van der Waals surface area contributed by atoms with Crippen molar-refractivity contribution in [3.8, 4) is 5.88 Å². The van der Waals surface area contributed by atoms with E-state index in [1.54, 1.807) is 17.0 Å². The van der Waals surface area contributed by atoms with Crippen molar-refractivity contribution in [2.24, 2.45) is 13.0 Å². The zero-order valence-corrected chi connectivity index (χ0v) is 23.5. The van der Waals surface area contributed by atoms with Gasteiger partial charge in [-0.3, -0.25) is 14.6 Å². The van der Waals surface area contributed by atoms with E-state index in [1.807, 2.05) is 48.4 Å². The van der Waals surface area contributed by atoms with Gasteiger partial charge in [0.25, 0.3) is 5.91 Å². The van der Waals surface area contributed by atoms with E-state index < -0.39 is 6.09 Å². The van der Waals surface area contributed by atoms with Crippen LogP contribution in [-0.2, 0) is 20.0 Å². The van der Waals surface area contributed by atoms with Crippen molar-refractivity contribution in [3.63, 3.8) is 0 Å². The Morgan fingerprint density at radius 3 is 2.35 bits per heavy atom. The molecule has 5 rings (SSSR count). The number of rotatable bonds is 8. The van der Waals surface area contributed by atoms with E-state index in [4.69, 9.17) is 4.74 Å². The number of carbonyl (C=O) groups is 2. The number of carbonyl (C=O) groups excluding carboxylic acids is 2. The Morgan fingerprint density at radius 2 is 1.70 bits per heavy atom. The van der Waals surface area contributed by atoms with Crippen molar-refractivity contribution in [2.45, 2.75) is 32.7 Å². The highest BCUT2D eigenvalue weighted by Gasteiger charge is 2.23. The number of aromatic nitrogens is 3. The first-order valence-corrected chi connectivity index (χ1v) is 14.2. The molecule has 4 heterocycles. The van der Waals surface area contributed by atoms with Gasteiger partial charge in [-0.05, 0) is 55.6 Å². The van der Waals surface area contributed by atoms with Crippen LogP contribution in [0.5, 0.6) is 5.88 Å². The minimum atomic E-state index is -0.409. The van der Waals surface area contributed by atoms with Gasteiger partial charge < -0.3 is 19.5 Å². The van der Waals surface area contributed by atoms with Gasteiger partial charge in [0.1, 0.15) is 0 Å². The molecule has 2 amide bonds. The predicted molar refractivity (Wildman–Crippen MR) is 153 cm³/mol. The van der Waals surface area contributed by atoms with Crippen LogP contribution in [0.4, 0.5) is 10.5 Å². The summed E-state index contributed by atoms with van der Waals surface area (Å²) in [5.41, 5.74) is 3.42. The van der Waals surface area contributed by atoms with Gasteiger partial charge in [-0.1, -0.05) is 19.1 Å². The number of aryl methyl sites for hydroxylation is 1. The maximum absolute atomic E-state index is 12.7. The van der Waals surface area contributed by atoms with Crippen LogP contribution in [0.25, 0.3) is 0 Å². The monoisotopic (exact) mass is 545 g/mol. The molecule has 2 saturated heterocycles. The Labute approximate surface area is 235 Å². The number of pyridine rings is 1. The number of benzene rings is 1. The number of nitrogens with one attached hydrogen (secondary N) is 1. The third-order valence-corrected chi connectivity index (χ3v) is 7.76. The van der Waals surface area contributed by atoms with E-state index in [0.29, 0.717) is 24.3 Å². The zero-order valence-electron chi connectivity index (χ0n) is 23.5. The number of ether oxygens (including phenoxy) is 1. The maximum Gasteiger partial charge on any atom is 0.416 e. The zero-order chi connectivity index (χ0) is 27.9. The van der Waals surface area contributed by atoms with Crippen molar-refractivity contribution in [2.75, 3.05) is 51.1 Å². The second-order valence-electron chi connectivity index (χ2n) is 11.0. The lowest BCUT2D eigenvalue weighted by Gasteiger charge is -2.33. The lowest BCUT2D eigenvalue weighted by molar-refractivity contribution is 0.102. The van der Waals surface area contributed by atoms with Gasteiger partial charge in [0, 0.05) is 70.6 Å². The molecular formula is C30H39N7O3. The number of nitrogens with zero attached hydrogens (tertiary/aromatic N) is 6. The average molecular weight is 546 g/mol. The van der Waals surface area contributed by atoms with Crippen molar-refractivity contribution in [1.29, 1.82) is 0 Å². The molecule has 2 fully saturated rings. The molecule has 1 N–H and O–H groups in total. The number of likely N-dealkylation sites (tertiary alicyclic amines) is 1. The first kappa shape index (κ1) is 27.8. The van der Waals surface area contributed by atoms with E-state index in [9.17, 15) is 9.59 Å². The van der Waals surface area contributed by atoms with E-state index >= 15 is 0 Å². The molecule has 2 aliphatic heterocycles. The van der Waals surface area contributed by atoms with Gasteiger partial charge in [0.2, 0.25) is 5.88 Å². The summed E-state index contributed by atoms with van der Waals surface area (Å²) in [4.78, 5) is 40.4. The molecule has 3 aromatic rings. The van der Waals surface area contributed by atoms with E-state index in [1.165, 1.54) is 24.6 Å². The van der Waals surface area contributed by atoms with Gasteiger partial charge in [0.05, 0.1) is 23.9 Å². The minimum absolute atomic E-state index is 0.203. The second-order valence-corrected chi connectivity index (χ2v) is 11.0. The fourth-order valence-electron chi connectivity index (χ4n) is 5.13. The molecule has 0 saturated carbocycles. The number of imidazole rings is 1. The largest absolute Gasteiger partial charge is 0.416 e.